The first-order chi connectivity index (χ1) is 14.2. The van der Waals surface area contributed by atoms with Crippen molar-refractivity contribution in [3.63, 3.8) is 0 Å². The standard InChI is InChI=1S/C21H19N3O3S2/c1-2-27-21(26)15-7-6-8-16(13-15)24-18(25)14-28-19-20(23-12-11-22-19)29-17-9-4-3-5-10-17/h3-13H,2,14H2,1H3,(H,24,25). The third-order valence-corrected chi connectivity index (χ3v) is 5.70. The van der Waals surface area contributed by atoms with Gasteiger partial charge in [-0.25, -0.2) is 14.8 Å². The molecule has 29 heavy (non-hydrogen) atoms. The number of carbonyl (C=O) groups is 2. The predicted molar refractivity (Wildman–Crippen MR) is 114 cm³/mol. The van der Waals surface area contributed by atoms with Crippen molar-refractivity contribution in [2.24, 2.45) is 0 Å². The molecule has 0 saturated carbocycles. The molecule has 3 aromatic rings. The minimum absolute atomic E-state index is 0.171. The highest BCUT2D eigenvalue weighted by Crippen LogP contribution is 2.32. The quantitative estimate of drug-likeness (QED) is 0.419. The fourth-order valence-electron chi connectivity index (χ4n) is 2.35. The van der Waals surface area contributed by atoms with Gasteiger partial charge in [0.25, 0.3) is 0 Å². The molecule has 0 aliphatic heterocycles. The molecule has 0 bridgehead atoms. The summed E-state index contributed by atoms with van der Waals surface area (Å²) in [5.74, 6) is -0.442. The van der Waals surface area contributed by atoms with E-state index < -0.39 is 5.97 Å². The van der Waals surface area contributed by atoms with Crippen molar-refractivity contribution in [2.45, 2.75) is 21.9 Å². The van der Waals surface area contributed by atoms with Crippen molar-refractivity contribution in [3.8, 4) is 0 Å². The third kappa shape index (κ3) is 6.33. The molecule has 0 saturated heterocycles. The molecule has 0 unspecified atom stereocenters. The molecular formula is C21H19N3O3S2. The lowest BCUT2D eigenvalue weighted by molar-refractivity contribution is -0.113. The van der Waals surface area contributed by atoms with Crippen LogP contribution in [0.25, 0.3) is 0 Å². The number of carbonyl (C=O) groups excluding carboxylic acids is 2. The molecule has 1 aromatic heterocycles. The number of benzene rings is 2. The lowest BCUT2D eigenvalue weighted by Gasteiger charge is -2.08. The zero-order chi connectivity index (χ0) is 20.5. The van der Waals surface area contributed by atoms with E-state index in [2.05, 4.69) is 15.3 Å². The van der Waals surface area contributed by atoms with E-state index in [0.717, 1.165) is 9.92 Å². The van der Waals surface area contributed by atoms with E-state index in [1.165, 1.54) is 23.5 Å². The number of nitrogens with one attached hydrogen (secondary N) is 1. The van der Waals surface area contributed by atoms with E-state index in [1.54, 1.807) is 43.6 Å². The second-order valence-corrected chi connectivity index (χ2v) is 7.75. The second-order valence-electron chi connectivity index (χ2n) is 5.72. The van der Waals surface area contributed by atoms with Crippen LogP contribution in [-0.4, -0.2) is 34.2 Å². The molecule has 8 heteroatoms. The van der Waals surface area contributed by atoms with Crippen LogP contribution in [0.2, 0.25) is 0 Å². The number of thioether (sulfide) groups is 1. The molecular weight excluding hydrogens is 406 g/mol. The van der Waals surface area contributed by atoms with Gasteiger partial charge in [-0.3, -0.25) is 4.79 Å². The maximum absolute atomic E-state index is 12.4. The molecule has 6 nitrogen and oxygen atoms in total. The summed E-state index contributed by atoms with van der Waals surface area (Å²) >= 11 is 2.82. The van der Waals surface area contributed by atoms with Gasteiger partial charge in [0.15, 0.2) is 0 Å². The number of ether oxygens (including phenoxy) is 1. The van der Waals surface area contributed by atoms with Gasteiger partial charge in [0.05, 0.1) is 17.9 Å². The SMILES string of the molecule is CCOC(=O)c1cccc(NC(=O)CSc2nccnc2Sc2ccccc2)c1. The largest absolute Gasteiger partial charge is 0.462 e. The van der Waals surface area contributed by atoms with E-state index in [9.17, 15) is 9.59 Å². The maximum Gasteiger partial charge on any atom is 0.338 e. The summed E-state index contributed by atoms with van der Waals surface area (Å²) in [5.41, 5.74) is 0.937. The fraction of sp³-hybridized carbons (Fsp3) is 0.143. The van der Waals surface area contributed by atoms with Gasteiger partial charge in [-0.05, 0) is 37.3 Å². The van der Waals surface area contributed by atoms with Gasteiger partial charge in [-0.1, -0.05) is 47.8 Å². The molecule has 0 aliphatic carbocycles. The molecule has 0 spiro atoms. The van der Waals surface area contributed by atoms with Crippen molar-refractivity contribution in [3.05, 3.63) is 72.6 Å². The van der Waals surface area contributed by atoms with Gasteiger partial charge >= 0.3 is 5.97 Å². The van der Waals surface area contributed by atoms with E-state index in [0.29, 0.717) is 22.9 Å². The average molecular weight is 426 g/mol. The summed E-state index contributed by atoms with van der Waals surface area (Å²) in [4.78, 5) is 34.0. The van der Waals surface area contributed by atoms with Crippen LogP contribution in [0.15, 0.2) is 81.9 Å². The molecule has 0 radical (unpaired) electrons. The highest BCUT2D eigenvalue weighted by Gasteiger charge is 2.12. The summed E-state index contributed by atoms with van der Waals surface area (Å²) in [5, 5.41) is 4.24. The highest BCUT2D eigenvalue weighted by molar-refractivity contribution is 8.02. The Labute approximate surface area is 177 Å². The Hall–Kier alpha value is -2.84. The topological polar surface area (TPSA) is 81.2 Å². The number of anilines is 1. The summed E-state index contributed by atoms with van der Waals surface area (Å²) in [7, 11) is 0. The zero-order valence-electron chi connectivity index (χ0n) is 15.7. The van der Waals surface area contributed by atoms with E-state index >= 15 is 0 Å². The number of hydrogen-bond donors (Lipinski definition) is 1. The number of rotatable bonds is 8. The molecule has 0 aliphatic rings. The molecule has 3 rings (SSSR count). The van der Waals surface area contributed by atoms with Crippen LogP contribution in [0.4, 0.5) is 5.69 Å². The first-order valence-corrected chi connectivity index (χ1v) is 10.7. The van der Waals surface area contributed by atoms with Gasteiger partial charge in [0, 0.05) is 23.0 Å². The number of nitrogens with zero attached hydrogens (tertiary/aromatic N) is 2. The number of amides is 1. The molecule has 0 fully saturated rings. The zero-order valence-corrected chi connectivity index (χ0v) is 17.3. The normalized spacial score (nSPS) is 10.4. The minimum atomic E-state index is -0.417. The van der Waals surface area contributed by atoms with E-state index in [4.69, 9.17) is 4.74 Å². The Morgan fingerprint density at radius 1 is 1.00 bits per heavy atom. The lowest BCUT2D eigenvalue weighted by atomic mass is 10.2. The van der Waals surface area contributed by atoms with Crippen LogP contribution in [0.5, 0.6) is 0 Å². The Morgan fingerprint density at radius 2 is 1.76 bits per heavy atom. The Balaban J connectivity index is 1.60. The monoisotopic (exact) mass is 425 g/mol. The van der Waals surface area contributed by atoms with Gasteiger partial charge in [-0.15, -0.1) is 0 Å². The summed E-state index contributed by atoms with van der Waals surface area (Å²) in [6.07, 6.45) is 3.24. The second kappa shape index (κ2) is 10.6. The van der Waals surface area contributed by atoms with Crippen LogP contribution in [0.3, 0.4) is 0 Å². The fourth-order valence-corrected chi connectivity index (χ4v) is 4.07. The van der Waals surface area contributed by atoms with Crippen molar-refractivity contribution in [1.82, 2.24) is 9.97 Å². The highest BCUT2D eigenvalue weighted by atomic mass is 32.2. The van der Waals surface area contributed by atoms with E-state index in [-0.39, 0.29) is 11.7 Å². The predicted octanol–water partition coefficient (Wildman–Crippen LogP) is 4.54. The lowest BCUT2D eigenvalue weighted by Crippen LogP contribution is -2.15. The Kier molecular flexibility index (Phi) is 7.66. The Morgan fingerprint density at radius 3 is 2.52 bits per heavy atom. The van der Waals surface area contributed by atoms with Crippen molar-refractivity contribution in [2.75, 3.05) is 17.7 Å². The molecule has 2 aromatic carbocycles. The average Bonchev–Trinajstić information content (AvgIpc) is 2.74. The van der Waals surface area contributed by atoms with Crippen LogP contribution in [0.1, 0.15) is 17.3 Å². The number of hydrogen-bond acceptors (Lipinski definition) is 7. The number of aromatic nitrogens is 2. The molecule has 1 heterocycles. The Bertz CT molecular complexity index is 984. The van der Waals surface area contributed by atoms with Crippen molar-refractivity contribution >= 4 is 41.1 Å². The summed E-state index contributed by atoms with van der Waals surface area (Å²) in [6, 6.07) is 16.5. The third-order valence-electron chi connectivity index (χ3n) is 3.59. The van der Waals surface area contributed by atoms with E-state index in [1.807, 2.05) is 30.3 Å². The van der Waals surface area contributed by atoms with Gasteiger partial charge < -0.3 is 10.1 Å². The molecule has 1 amide bonds. The molecule has 0 atom stereocenters. The minimum Gasteiger partial charge on any atom is -0.462 e. The van der Waals surface area contributed by atoms with Crippen LogP contribution >= 0.6 is 23.5 Å². The van der Waals surface area contributed by atoms with Gasteiger partial charge in [-0.2, -0.15) is 0 Å². The maximum atomic E-state index is 12.4. The van der Waals surface area contributed by atoms with Crippen molar-refractivity contribution in [1.29, 1.82) is 0 Å². The first-order valence-electron chi connectivity index (χ1n) is 8.89. The van der Waals surface area contributed by atoms with Gasteiger partial charge in [0.1, 0.15) is 10.1 Å². The number of esters is 1. The van der Waals surface area contributed by atoms with Crippen LogP contribution in [0, 0.1) is 0 Å². The molecule has 148 valence electrons. The van der Waals surface area contributed by atoms with Crippen LogP contribution in [-0.2, 0) is 9.53 Å². The first kappa shape index (κ1) is 20.9. The van der Waals surface area contributed by atoms with Gasteiger partial charge in [0.2, 0.25) is 5.91 Å². The summed E-state index contributed by atoms with van der Waals surface area (Å²) < 4.78 is 4.98. The molecule has 1 N–H and O–H groups in total. The summed E-state index contributed by atoms with van der Waals surface area (Å²) in [6.45, 7) is 2.05. The smallest absolute Gasteiger partial charge is 0.338 e. The van der Waals surface area contributed by atoms with Crippen molar-refractivity contribution < 1.29 is 14.3 Å². The van der Waals surface area contributed by atoms with Crippen LogP contribution < -0.4 is 5.32 Å².